The summed E-state index contributed by atoms with van der Waals surface area (Å²) in [6.07, 6.45) is 2.89. The Hall–Kier alpha value is -2.89. The molecule has 0 bridgehead atoms. The van der Waals surface area contributed by atoms with E-state index in [0.29, 0.717) is 18.0 Å². The summed E-state index contributed by atoms with van der Waals surface area (Å²) < 4.78 is 18.6. The molecule has 140 valence electrons. The van der Waals surface area contributed by atoms with E-state index < -0.39 is 5.54 Å². The number of hydrogen-bond acceptors (Lipinski definition) is 3. The number of carbonyl (C=O) groups is 2. The van der Waals surface area contributed by atoms with Gasteiger partial charge in [0.05, 0.1) is 11.2 Å². The van der Waals surface area contributed by atoms with E-state index in [9.17, 15) is 14.0 Å². The number of para-hydroxylation sites is 2. The Morgan fingerprint density at radius 3 is 2.59 bits per heavy atom. The van der Waals surface area contributed by atoms with Gasteiger partial charge in [-0.15, -0.1) is 0 Å². The number of amides is 2. The van der Waals surface area contributed by atoms with Crippen molar-refractivity contribution in [1.82, 2.24) is 5.32 Å². The van der Waals surface area contributed by atoms with Crippen LogP contribution in [0.25, 0.3) is 0 Å². The number of nitrogens with one attached hydrogen (secondary N) is 1. The molecule has 1 fully saturated rings. The molecule has 1 aliphatic heterocycles. The van der Waals surface area contributed by atoms with Crippen LogP contribution in [0.3, 0.4) is 0 Å². The van der Waals surface area contributed by atoms with Crippen LogP contribution in [-0.4, -0.2) is 25.0 Å². The number of ether oxygens (including phenoxy) is 1. The van der Waals surface area contributed by atoms with Crippen molar-refractivity contribution < 1.29 is 18.7 Å². The molecule has 2 aromatic rings. The fourth-order valence-electron chi connectivity index (χ4n) is 3.73. The highest BCUT2D eigenvalue weighted by Gasteiger charge is 2.40. The molecule has 0 unspecified atom stereocenters. The van der Waals surface area contributed by atoms with Crippen LogP contribution >= 0.6 is 0 Å². The molecule has 0 spiro atoms. The number of fused-ring (bicyclic) bond motifs is 1. The lowest BCUT2D eigenvalue weighted by Crippen LogP contribution is -2.51. The van der Waals surface area contributed by atoms with Crippen molar-refractivity contribution in [2.24, 2.45) is 0 Å². The largest absolute Gasteiger partial charge is 0.482 e. The van der Waals surface area contributed by atoms with E-state index in [1.165, 1.54) is 12.1 Å². The molecule has 0 radical (unpaired) electrons. The van der Waals surface area contributed by atoms with Gasteiger partial charge in [0.15, 0.2) is 6.61 Å². The third-order valence-electron chi connectivity index (χ3n) is 5.35. The number of benzene rings is 2. The SMILES string of the molecule is O=C(CCN1C(=O)COc2ccccc21)NC1(c2ccc(F)cc2)CCC1. The van der Waals surface area contributed by atoms with Crippen molar-refractivity contribution in [2.75, 3.05) is 18.1 Å². The van der Waals surface area contributed by atoms with Crippen LogP contribution in [-0.2, 0) is 15.1 Å². The lowest BCUT2D eigenvalue weighted by Gasteiger charge is -2.43. The summed E-state index contributed by atoms with van der Waals surface area (Å²) in [6.45, 7) is 0.280. The number of hydrogen-bond donors (Lipinski definition) is 1. The zero-order chi connectivity index (χ0) is 18.9. The van der Waals surface area contributed by atoms with Crippen LogP contribution in [0.2, 0.25) is 0 Å². The first-order chi connectivity index (χ1) is 13.1. The second-order valence-electron chi connectivity index (χ2n) is 7.04. The average molecular weight is 368 g/mol. The first kappa shape index (κ1) is 17.5. The summed E-state index contributed by atoms with van der Waals surface area (Å²) in [7, 11) is 0. The van der Waals surface area contributed by atoms with Crippen molar-refractivity contribution in [1.29, 1.82) is 0 Å². The summed E-state index contributed by atoms with van der Waals surface area (Å²) in [6, 6.07) is 13.6. The topological polar surface area (TPSA) is 58.6 Å². The van der Waals surface area contributed by atoms with Gasteiger partial charge in [-0.25, -0.2) is 4.39 Å². The Morgan fingerprint density at radius 2 is 1.89 bits per heavy atom. The maximum Gasteiger partial charge on any atom is 0.265 e. The van der Waals surface area contributed by atoms with E-state index in [1.807, 2.05) is 24.3 Å². The van der Waals surface area contributed by atoms with Gasteiger partial charge in [-0.2, -0.15) is 0 Å². The molecule has 1 aliphatic carbocycles. The zero-order valence-corrected chi connectivity index (χ0v) is 14.9. The van der Waals surface area contributed by atoms with Crippen LogP contribution in [0.4, 0.5) is 10.1 Å². The molecule has 1 heterocycles. The standard InChI is InChI=1S/C21H21FN2O3/c22-16-8-6-15(7-9-16)21(11-3-12-21)23-19(25)10-13-24-17-4-1-2-5-18(17)27-14-20(24)26/h1-2,4-9H,3,10-14H2,(H,23,25). The number of anilines is 1. The van der Waals surface area contributed by atoms with Crippen molar-refractivity contribution in [2.45, 2.75) is 31.2 Å². The van der Waals surface area contributed by atoms with Gasteiger partial charge < -0.3 is 15.0 Å². The Labute approximate surface area is 157 Å². The van der Waals surface area contributed by atoms with Gasteiger partial charge in [-0.1, -0.05) is 24.3 Å². The highest BCUT2D eigenvalue weighted by Crippen LogP contribution is 2.41. The minimum Gasteiger partial charge on any atom is -0.482 e. The Morgan fingerprint density at radius 1 is 1.15 bits per heavy atom. The average Bonchev–Trinajstić information content (AvgIpc) is 2.65. The fraction of sp³-hybridized carbons (Fsp3) is 0.333. The highest BCUT2D eigenvalue weighted by molar-refractivity contribution is 5.98. The van der Waals surface area contributed by atoms with E-state index in [0.717, 1.165) is 24.8 Å². The number of rotatable bonds is 5. The fourth-order valence-corrected chi connectivity index (χ4v) is 3.73. The summed E-state index contributed by atoms with van der Waals surface area (Å²) in [5.74, 6) is 0.0949. The predicted octanol–water partition coefficient (Wildman–Crippen LogP) is 3.14. The molecule has 0 aromatic heterocycles. The maximum atomic E-state index is 13.2. The minimum absolute atomic E-state index is 0.0157. The summed E-state index contributed by atoms with van der Waals surface area (Å²) in [5, 5.41) is 3.11. The first-order valence-electron chi connectivity index (χ1n) is 9.17. The summed E-state index contributed by atoms with van der Waals surface area (Å²) in [4.78, 5) is 26.4. The van der Waals surface area contributed by atoms with Gasteiger partial charge in [0, 0.05) is 13.0 Å². The lowest BCUT2D eigenvalue weighted by atomic mass is 9.71. The Bertz CT molecular complexity index is 862. The van der Waals surface area contributed by atoms with E-state index >= 15 is 0 Å². The molecule has 2 amide bonds. The number of carbonyl (C=O) groups excluding carboxylic acids is 2. The zero-order valence-electron chi connectivity index (χ0n) is 14.9. The molecule has 6 heteroatoms. The molecule has 2 aliphatic rings. The van der Waals surface area contributed by atoms with Gasteiger partial charge in [-0.05, 0) is 49.1 Å². The van der Waals surface area contributed by atoms with E-state index in [2.05, 4.69) is 5.32 Å². The van der Waals surface area contributed by atoms with Crippen LogP contribution in [0, 0.1) is 5.82 Å². The summed E-state index contributed by atoms with van der Waals surface area (Å²) in [5.41, 5.74) is 1.20. The lowest BCUT2D eigenvalue weighted by molar-refractivity contribution is -0.124. The predicted molar refractivity (Wildman–Crippen MR) is 99.0 cm³/mol. The maximum absolute atomic E-state index is 13.2. The second kappa shape index (κ2) is 7.02. The quantitative estimate of drug-likeness (QED) is 0.882. The number of nitrogens with zero attached hydrogens (tertiary/aromatic N) is 1. The van der Waals surface area contributed by atoms with Gasteiger partial charge in [0.25, 0.3) is 5.91 Å². The molecule has 0 atom stereocenters. The van der Waals surface area contributed by atoms with Crippen molar-refractivity contribution in [3.8, 4) is 5.75 Å². The molecule has 0 saturated heterocycles. The smallest absolute Gasteiger partial charge is 0.265 e. The minimum atomic E-state index is -0.419. The van der Waals surface area contributed by atoms with E-state index in [4.69, 9.17) is 4.74 Å². The summed E-state index contributed by atoms with van der Waals surface area (Å²) >= 11 is 0. The van der Waals surface area contributed by atoms with Crippen LogP contribution in [0.5, 0.6) is 5.75 Å². The number of halogens is 1. The molecule has 5 nitrogen and oxygen atoms in total. The van der Waals surface area contributed by atoms with E-state index in [-0.39, 0.29) is 30.7 Å². The van der Waals surface area contributed by atoms with Crippen molar-refractivity contribution in [3.63, 3.8) is 0 Å². The van der Waals surface area contributed by atoms with Gasteiger partial charge in [0.1, 0.15) is 11.6 Å². The Balaban J connectivity index is 1.42. The van der Waals surface area contributed by atoms with E-state index in [1.54, 1.807) is 17.0 Å². The van der Waals surface area contributed by atoms with Crippen LogP contribution in [0.1, 0.15) is 31.2 Å². The van der Waals surface area contributed by atoms with Crippen LogP contribution < -0.4 is 15.0 Å². The molecular formula is C21H21FN2O3. The monoisotopic (exact) mass is 368 g/mol. The van der Waals surface area contributed by atoms with Gasteiger partial charge in [-0.3, -0.25) is 9.59 Å². The first-order valence-corrected chi connectivity index (χ1v) is 9.17. The molecule has 27 heavy (non-hydrogen) atoms. The van der Waals surface area contributed by atoms with Gasteiger partial charge >= 0.3 is 0 Å². The molecular weight excluding hydrogens is 347 g/mol. The Kier molecular flexibility index (Phi) is 4.56. The second-order valence-corrected chi connectivity index (χ2v) is 7.04. The highest BCUT2D eigenvalue weighted by atomic mass is 19.1. The third kappa shape index (κ3) is 3.39. The third-order valence-corrected chi connectivity index (χ3v) is 5.35. The normalized spacial score (nSPS) is 17.5. The van der Waals surface area contributed by atoms with Crippen molar-refractivity contribution in [3.05, 3.63) is 59.9 Å². The molecule has 2 aromatic carbocycles. The molecule has 1 N–H and O–H groups in total. The molecule has 4 rings (SSSR count). The van der Waals surface area contributed by atoms with Crippen molar-refractivity contribution >= 4 is 17.5 Å². The van der Waals surface area contributed by atoms with Crippen LogP contribution in [0.15, 0.2) is 48.5 Å². The van der Waals surface area contributed by atoms with Gasteiger partial charge in [0.2, 0.25) is 5.91 Å². The molecule has 1 saturated carbocycles.